The second kappa shape index (κ2) is 6.38. The Morgan fingerprint density at radius 2 is 2.16 bits per heavy atom. The Balaban J connectivity index is 3.17. The summed E-state index contributed by atoms with van der Waals surface area (Å²) in [4.78, 5) is 6.31. The van der Waals surface area contributed by atoms with Crippen molar-refractivity contribution in [1.29, 1.82) is 0 Å². The summed E-state index contributed by atoms with van der Waals surface area (Å²) in [6.07, 6.45) is 0.283. The topological polar surface area (TPSA) is 95.0 Å². The van der Waals surface area contributed by atoms with Crippen molar-refractivity contribution in [2.45, 2.75) is 33.3 Å². The molecule has 0 saturated heterocycles. The minimum atomic E-state index is -0.362. The van der Waals surface area contributed by atoms with E-state index >= 15 is 0 Å². The molecule has 106 valence electrons. The number of nitrogens with two attached hydrogens (primary N) is 1. The number of hydrogen-bond donors (Lipinski definition) is 3. The van der Waals surface area contributed by atoms with E-state index in [-0.39, 0.29) is 11.9 Å². The Morgan fingerprint density at radius 3 is 2.68 bits per heavy atom. The van der Waals surface area contributed by atoms with Crippen LogP contribution in [0, 0.1) is 13.8 Å². The van der Waals surface area contributed by atoms with Crippen molar-refractivity contribution in [1.82, 2.24) is 4.98 Å². The van der Waals surface area contributed by atoms with Crippen LogP contribution in [0.25, 0.3) is 0 Å². The summed E-state index contributed by atoms with van der Waals surface area (Å²) >= 11 is 0. The van der Waals surface area contributed by atoms with E-state index in [1.807, 2.05) is 31.9 Å². The summed E-state index contributed by atoms with van der Waals surface area (Å²) in [5.41, 5.74) is 8.78. The lowest BCUT2D eigenvalue weighted by Crippen LogP contribution is -2.27. The van der Waals surface area contributed by atoms with Crippen molar-refractivity contribution < 1.29 is 10.3 Å². The fourth-order valence-corrected chi connectivity index (χ4v) is 1.98. The number of aliphatic hydroxyl groups is 1. The maximum Gasteiger partial charge on any atom is 0.174 e. The molecule has 4 N–H and O–H groups in total. The van der Waals surface area contributed by atoms with Gasteiger partial charge in [0, 0.05) is 19.3 Å². The van der Waals surface area contributed by atoms with E-state index < -0.39 is 0 Å². The molecular weight excluding hydrogens is 244 g/mol. The lowest BCUT2D eigenvalue weighted by Gasteiger charge is -2.24. The number of oxime groups is 1. The third-order valence-electron chi connectivity index (χ3n) is 2.97. The molecule has 0 aliphatic carbocycles. The van der Waals surface area contributed by atoms with Gasteiger partial charge in [0.05, 0.1) is 23.0 Å². The molecule has 0 aliphatic rings. The highest BCUT2D eigenvalue weighted by Crippen LogP contribution is 2.23. The van der Waals surface area contributed by atoms with E-state index in [1.54, 1.807) is 6.92 Å². The van der Waals surface area contributed by atoms with E-state index in [0.717, 1.165) is 11.4 Å². The highest BCUT2D eigenvalue weighted by atomic mass is 16.4. The Labute approximate surface area is 113 Å². The fraction of sp³-hybridized carbons (Fsp3) is 0.538. The van der Waals surface area contributed by atoms with Gasteiger partial charge in [0.25, 0.3) is 0 Å². The summed E-state index contributed by atoms with van der Waals surface area (Å²) in [5, 5.41) is 21.3. The van der Waals surface area contributed by atoms with Crippen LogP contribution in [0.2, 0.25) is 0 Å². The molecule has 1 aromatic rings. The lowest BCUT2D eigenvalue weighted by atomic mass is 10.1. The molecule has 0 amide bonds. The monoisotopic (exact) mass is 266 g/mol. The van der Waals surface area contributed by atoms with Crippen LogP contribution in [0.15, 0.2) is 11.2 Å². The third kappa shape index (κ3) is 3.82. The summed E-state index contributed by atoms with van der Waals surface area (Å²) in [7, 11) is 1.91. The van der Waals surface area contributed by atoms with Gasteiger partial charge < -0.3 is 20.9 Å². The zero-order chi connectivity index (χ0) is 14.6. The number of hydrogen-bond acceptors (Lipinski definition) is 5. The van der Waals surface area contributed by atoms with Crippen LogP contribution in [0.3, 0.4) is 0 Å². The summed E-state index contributed by atoms with van der Waals surface area (Å²) in [6.45, 7) is 6.15. The first-order valence-electron chi connectivity index (χ1n) is 6.22. The van der Waals surface area contributed by atoms with Crippen LogP contribution in [-0.4, -0.2) is 40.8 Å². The number of aryl methyl sites for hydroxylation is 2. The van der Waals surface area contributed by atoms with Crippen LogP contribution >= 0.6 is 0 Å². The third-order valence-corrected chi connectivity index (χ3v) is 2.97. The molecule has 19 heavy (non-hydrogen) atoms. The number of amidine groups is 1. The van der Waals surface area contributed by atoms with E-state index in [4.69, 9.17) is 10.9 Å². The minimum Gasteiger partial charge on any atom is -0.409 e. The van der Waals surface area contributed by atoms with Gasteiger partial charge in [-0.3, -0.25) is 4.98 Å². The second-order valence-corrected chi connectivity index (χ2v) is 4.79. The Bertz CT molecular complexity index is 472. The average Bonchev–Trinajstić information content (AvgIpc) is 2.34. The fourth-order valence-electron chi connectivity index (χ4n) is 1.98. The maximum atomic E-state index is 9.35. The number of nitrogens with zero attached hydrogens (tertiary/aromatic N) is 3. The van der Waals surface area contributed by atoms with Crippen LogP contribution in [0.1, 0.15) is 30.3 Å². The summed E-state index contributed by atoms with van der Waals surface area (Å²) < 4.78 is 0. The van der Waals surface area contributed by atoms with Gasteiger partial charge in [0.2, 0.25) is 0 Å². The SMILES string of the molecule is Cc1cc(N(C)CCC(C)O)c(/C(N)=N/O)c(C)n1. The quantitative estimate of drug-likeness (QED) is 0.320. The standard InChI is InChI=1S/C13H22N4O2/c1-8-7-11(17(4)6-5-9(2)18)12(10(3)15-8)13(14)16-19/h7,9,18-19H,5-6H2,1-4H3,(H2,14,16). The molecule has 0 aromatic carbocycles. The van der Waals surface area contributed by atoms with Crippen molar-refractivity contribution >= 4 is 11.5 Å². The molecule has 1 aromatic heterocycles. The van der Waals surface area contributed by atoms with Gasteiger partial charge in [-0.25, -0.2) is 0 Å². The van der Waals surface area contributed by atoms with Crippen molar-refractivity contribution in [2.24, 2.45) is 10.9 Å². The number of aromatic nitrogens is 1. The Kier molecular flexibility index (Phi) is 5.11. The first-order valence-corrected chi connectivity index (χ1v) is 6.22. The molecule has 6 nitrogen and oxygen atoms in total. The number of anilines is 1. The average molecular weight is 266 g/mol. The molecule has 0 fully saturated rings. The molecule has 0 aliphatic heterocycles. The summed E-state index contributed by atoms with van der Waals surface area (Å²) in [5.74, 6) is 0.0453. The molecule has 6 heteroatoms. The van der Waals surface area contributed by atoms with Gasteiger partial charge in [0.15, 0.2) is 5.84 Å². The van der Waals surface area contributed by atoms with E-state index in [0.29, 0.717) is 24.2 Å². The minimum absolute atomic E-state index is 0.0453. The lowest BCUT2D eigenvalue weighted by molar-refractivity contribution is 0.187. The number of pyridine rings is 1. The van der Waals surface area contributed by atoms with Crippen LogP contribution in [0.5, 0.6) is 0 Å². The molecule has 0 bridgehead atoms. The Hall–Kier alpha value is -1.82. The smallest absolute Gasteiger partial charge is 0.174 e. The molecular formula is C13H22N4O2. The largest absolute Gasteiger partial charge is 0.409 e. The van der Waals surface area contributed by atoms with Crippen LogP contribution in [0.4, 0.5) is 5.69 Å². The highest BCUT2D eigenvalue weighted by molar-refractivity contribution is 6.03. The Morgan fingerprint density at radius 1 is 1.53 bits per heavy atom. The predicted octanol–water partition coefficient (Wildman–Crippen LogP) is 1.00. The molecule has 0 saturated carbocycles. The number of aliphatic hydroxyl groups excluding tert-OH is 1. The van der Waals surface area contributed by atoms with Gasteiger partial charge in [-0.1, -0.05) is 5.16 Å². The zero-order valence-corrected chi connectivity index (χ0v) is 11.9. The summed E-state index contributed by atoms with van der Waals surface area (Å²) in [6, 6.07) is 1.89. The van der Waals surface area contributed by atoms with Crippen molar-refractivity contribution in [3.05, 3.63) is 23.0 Å². The predicted molar refractivity (Wildman–Crippen MR) is 75.8 cm³/mol. The van der Waals surface area contributed by atoms with Gasteiger partial charge in [-0.2, -0.15) is 0 Å². The molecule has 0 spiro atoms. The van der Waals surface area contributed by atoms with Crippen LogP contribution < -0.4 is 10.6 Å². The first-order chi connectivity index (χ1) is 8.86. The molecule has 1 unspecified atom stereocenters. The van der Waals surface area contributed by atoms with Crippen LogP contribution in [-0.2, 0) is 0 Å². The maximum absolute atomic E-state index is 9.35. The normalized spacial score (nSPS) is 13.4. The van der Waals surface area contributed by atoms with Gasteiger partial charge in [-0.05, 0) is 33.3 Å². The van der Waals surface area contributed by atoms with E-state index in [9.17, 15) is 5.11 Å². The highest BCUT2D eigenvalue weighted by Gasteiger charge is 2.16. The van der Waals surface area contributed by atoms with Gasteiger partial charge >= 0.3 is 0 Å². The molecule has 1 rings (SSSR count). The van der Waals surface area contributed by atoms with Gasteiger partial charge in [-0.15, -0.1) is 0 Å². The van der Waals surface area contributed by atoms with E-state index in [1.165, 1.54) is 0 Å². The number of rotatable bonds is 5. The first kappa shape index (κ1) is 15.2. The van der Waals surface area contributed by atoms with E-state index in [2.05, 4.69) is 10.1 Å². The van der Waals surface area contributed by atoms with Gasteiger partial charge in [0.1, 0.15) is 0 Å². The zero-order valence-electron chi connectivity index (χ0n) is 11.9. The second-order valence-electron chi connectivity index (χ2n) is 4.79. The molecule has 0 radical (unpaired) electrons. The molecule has 1 heterocycles. The van der Waals surface area contributed by atoms with Crippen molar-refractivity contribution in [3.63, 3.8) is 0 Å². The molecule has 1 atom stereocenters. The van der Waals surface area contributed by atoms with Crippen molar-refractivity contribution in [3.8, 4) is 0 Å². The van der Waals surface area contributed by atoms with Crippen molar-refractivity contribution in [2.75, 3.05) is 18.5 Å².